The van der Waals surface area contributed by atoms with E-state index in [0.29, 0.717) is 0 Å². The molecule has 5 aromatic rings. The van der Waals surface area contributed by atoms with Crippen molar-refractivity contribution < 1.29 is 0 Å². The maximum atomic E-state index is 5.01. The van der Waals surface area contributed by atoms with Crippen LogP contribution in [0, 0.1) is 6.92 Å². The fraction of sp³-hybridized carbons (Fsp3) is 0.276. The van der Waals surface area contributed by atoms with E-state index < -0.39 is 0 Å². The molecule has 0 bridgehead atoms. The minimum atomic E-state index is 0.855. The van der Waals surface area contributed by atoms with Crippen molar-refractivity contribution in [3.63, 3.8) is 0 Å². The number of likely N-dealkylation sites (N-methyl/N-ethyl adjacent to an activating group) is 1. The summed E-state index contributed by atoms with van der Waals surface area (Å²) in [5, 5.41) is 6.41. The van der Waals surface area contributed by atoms with Crippen LogP contribution in [0.3, 0.4) is 0 Å². The first kappa shape index (κ1) is 23.8. The van der Waals surface area contributed by atoms with Gasteiger partial charge in [0.25, 0.3) is 0 Å². The van der Waals surface area contributed by atoms with Crippen molar-refractivity contribution in [2.45, 2.75) is 13.5 Å². The van der Waals surface area contributed by atoms with Crippen LogP contribution in [0.25, 0.3) is 33.7 Å². The number of benzene rings is 2. The average Bonchev–Trinajstić information content (AvgIpc) is 3.51. The fourth-order valence-corrected chi connectivity index (χ4v) is 5.58. The van der Waals surface area contributed by atoms with Gasteiger partial charge in [0, 0.05) is 74.4 Å². The largest absolute Gasteiger partial charge is 0.331 e. The second-order valence-corrected chi connectivity index (χ2v) is 10.7. The van der Waals surface area contributed by atoms with E-state index in [2.05, 4.69) is 87.5 Å². The zero-order chi connectivity index (χ0) is 25.4. The van der Waals surface area contributed by atoms with Gasteiger partial charge in [0.05, 0.1) is 16.7 Å². The number of aromatic nitrogens is 4. The van der Waals surface area contributed by atoms with Crippen molar-refractivity contribution in [1.82, 2.24) is 29.3 Å². The summed E-state index contributed by atoms with van der Waals surface area (Å²) in [6.07, 6.45) is 3.61. The van der Waals surface area contributed by atoms with Crippen molar-refractivity contribution in [3.8, 4) is 22.6 Å². The van der Waals surface area contributed by atoms with Gasteiger partial charge in [-0.15, -0.1) is 11.3 Å². The molecule has 4 heterocycles. The number of nitrogens with one attached hydrogen (secondary N) is 1. The zero-order valence-electron chi connectivity index (χ0n) is 21.5. The highest BCUT2D eigenvalue weighted by atomic mass is 32.1. The summed E-state index contributed by atoms with van der Waals surface area (Å²) in [5.41, 5.74) is 8.69. The smallest absolute Gasteiger partial charge is 0.187 e. The van der Waals surface area contributed by atoms with E-state index in [-0.39, 0.29) is 0 Å². The number of fused-ring (bicyclic) bond motifs is 1. The molecule has 1 aliphatic rings. The molecule has 0 atom stereocenters. The predicted molar refractivity (Wildman–Crippen MR) is 152 cm³/mol. The molecule has 0 radical (unpaired) electrons. The van der Waals surface area contributed by atoms with Gasteiger partial charge in [-0.3, -0.25) is 9.88 Å². The van der Waals surface area contributed by atoms with Crippen molar-refractivity contribution >= 4 is 33.2 Å². The van der Waals surface area contributed by atoms with Gasteiger partial charge in [0.2, 0.25) is 0 Å². The number of piperazine rings is 1. The topological polar surface area (TPSA) is 62.1 Å². The number of anilines is 2. The molecule has 0 unspecified atom stereocenters. The van der Waals surface area contributed by atoms with Gasteiger partial charge in [0.15, 0.2) is 5.13 Å². The Hall–Kier alpha value is -3.59. The zero-order valence-corrected chi connectivity index (χ0v) is 22.3. The van der Waals surface area contributed by atoms with Gasteiger partial charge in [0.1, 0.15) is 5.82 Å². The summed E-state index contributed by atoms with van der Waals surface area (Å²) in [6.45, 7) is 7.67. The van der Waals surface area contributed by atoms with Crippen LogP contribution < -0.4 is 5.32 Å². The SMILES string of the molecule is Cc1cc2c(cc1Nc1nc(-c3cccnc3)cs1)nc(-c1ccc(CN3CCN(C)CC3)cc1)n2C. The highest BCUT2D eigenvalue weighted by Crippen LogP contribution is 2.32. The molecule has 1 aliphatic heterocycles. The first-order valence-electron chi connectivity index (χ1n) is 12.6. The highest BCUT2D eigenvalue weighted by Gasteiger charge is 2.16. The molecular formula is C29H31N7S. The number of hydrogen-bond acceptors (Lipinski definition) is 7. The lowest BCUT2D eigenvalue weighted by molar-refractivity contribution is 0.148. The Bertz CT molecular complexity index is 1510. The van der Waals surface area contributed by atoms with E-state index in [4.69, 9.17) is 9.97 Å². The molecule has 0 aliphatic carbocycles. The predicted octanol–water partition coefficient (Wildman–Crippen LogP) is 5.56. The lowest BCUT2D eigenvalue weighted by Gasteiger charge is -2.32. The van der Waals surface area contributed by atoms with E-state index in [9.17, 15) is 0 Å². The minimum absolute atomic E-state index is 0.855. The molecule has 1 N–H and O–H groups in total. The van der Waals surface area contributed by atoms with Crippen molar-refractivity contribution in [1.29, 1.82) is 0 Å². The van der Waals surface area contributed by atoms with Gasteiger partial charge >= 0.3 is 0 Å². The third-order valence-corrected chi connectivity index (χ3v) is 7.90. The second-order valence-electron chi connectivity index (χ2n) is 9.83. The number of rotatable bonds is 6. The van der Waals surface area contributed by atoms with Gasteiger partial charge in [-0.1, -0.05) is 24.3 Å². The van der Waals surface area contributed by atoms with Crippen LogP contribution in [-0.4, -0.2) is 62.5 Å². The number of nitrogens with zero attached hydrogens (tertiary/aromatic N) is 6. The van der Waals surface area contributed by atoms with Gasteiger partial charge in [-0.2, -0.15) is 0 Å². The van der Waals surface area contributed by atoms with E-state index >= 15 is 0 Å². The van der Waals surface area contributed by atoms with Crippen molar-refractivity contribution in [3.05, 3.63) is 77.4 Å². The third-order valence-electron chi connectivity index (χ3n) is 7.14. The van der Waals surface area contributed by atoms with Crippen LogP contribution >= 0.6 is 11.3 Å². The van der Waals surface area contributed by atoms with Crippen LogP contribution in [0.5, 0.6) is 0 Å². The summed E-state index contributed by atoms with van der Waals surface area (Å²) < 4.78 is 2.19. The molecule has 1 saturated heterocycles. The van der Waals surface area contributed by atoms with E-state index in [1.165, 1.54) is 5.56 Å². The van der Waals surface area contributed by atoms with Crippen molar-refractivity contribution in [2.24, 2.45) is 7.05 Å². The number of hydrogen-bond donors (Lipinski definition) is 1. The number of aryl methyl sites for hydroxylation is 2. The van der Waals surface area contributed by atoms with Crippen LogP contribution in [0.2, 0.25) is 0 Å². The molecule has 0 saturated carbocycles. The first-order valence-corrected chi connectivity index (χ1v) is 13.5. The molecule has 7 nitrogen and oxygen atoms in total. The van der Waals surface area contributed by atoms with Crippen LogP contribution in [-0.2, 0) is 13.6 Å². The van der Waals surface area contributed by atoms with E-state index in [0.717, 1.165) is 82.8 Å². The Morgan fingerprint density at radius 1 is 0.946 bits per heavy atom. The quantitative estimate of drug-likeness (QED) is 0.323. The Morgan fingerprint density at radius 3 is 2.51 bits per heavy atom. The first-order chi connectivity index (χ1) is 18.0. The molecule has 8 heteroatoms. The maximum absolute atomic E-state index is 5.01. The Labute approximate surface area is 221 Å². The number of thiazole rings is 1. The number of pyridine rings is 1. The van der Waals surface area contributed by atoms with Crippen LogP contribution in [0.15, 0.2) is 66.3 Å². The average molecular weight is 510 g/mol. The summed E-state index contributed by atoms with van der Waals surface area (Å²) in [4.78, 5) is 18.9. The monoisotopic (exact) mass is 509 g/mol. The molecule has 0 spiro atoms. The molecule has 3 aromatic heterocycles. The van der Waals surface area contributed by atoms with Gasteiger partial charge in [-0.25, -0.2) is 9.97 Å². The summed E-state index contributed by atoms with van der Waals surface area (Å²) in [6, 6.07) is 17.2. The lowest BCUT2D eigenvalue weighted by Crippen LogP contribution is -2.43. The molecule has 1 fully saturated rings. The summed E-state index contributed by atoms with van der Waals surface area (Å²) in [5.74, 6) is 0.978. The minimum Gasteiger partial charge on any atom is -0.331 e. The molecule has 188 valence electrons. The molecule has 37 heavy (non-hydrogen) atoms. The van der Waals surface area contributed by atoms with Crippen LogP contribution in [0.1, 0.15) is 11.1 Å². The Balaban J connectivity index is 1.22. The summed E-state index contributed by atoms with van der Waals surface area (Å²) in [7, 11) is 4.29. The number of imidazole rings is 1. The molecular weight excluding hydrogens is 478 g/mol. The Kier molecular flexibility index (Phi) is 6.46. The maximum Gasteiger partial charge on any atom is 0.187 e. The lowest BCUT2D eigenvalue weighted by atomic mass is 10.1. The normalized spacial score (nSPS) is 14.9. The third kappa shape index (κ3) is 5.00. The van der Waals surface area contributed by atoms with E-state index in [1.807, 2.05) is 18.3 Å². The molecule has 0 amide bonds. The standard InChI is InChI=1S/C29H31N7S/c1-20-15-27-25(16-24(20)32-29-33-26(19-37-29)23-5-4-10-30-17-23)31-28(35(27)3)22-8-6-21(7-9-22)18-36-13-11-34(2)12-14-36/h4-10,15-17,19H,11-14,18H2,1-3H3,(H,32,33). The molecule has 2 aromatic carbocycles. The van der Waals surface area contributed by atoms with E-state index in [1.54, 1.807) is 17.5 Å². The van der Waals surface area contributed by atoms with Gasteiger partial charge in [-0.05, 0) is 49.4 Å². The second kappa shape index (κ2) is 10.0. The van der Waals surface area contributed by atoms with Gasteiger partial charge < -0.3 is 14.8 Å². The van der Waals surface area contributed by atoms with Crippen molar-refractivity contribution in [2.75, 3.05) is 38.5 Å². The highest BCUT2D eigenvalue weighted by molar-refractivity contribution is 7.14. The summed E-state index contributed by atoms with van der Waals surface area (Å²) >= 11 is 1.59. The molecule has 6 rings (SSSR count). The van der Waals surface area contributed by atoms with Crippen LogP contribution in [0.4, 0.5) is 10.8 Å². The fourth-order valence-electron chi connectivity index (χ4n) is 4.85. The Morgan fingerprint density at radius 2 is 1.76 bits per heavy atom.